The number of hydrogen-bond acceptors (Lipinski definition) is 3. The van der Waals surface area contributed by atoms with Crippen molar-refractivity contribution in [2.24, 2.45) is 0 Å². The van der Waals surface area contributed by atoms with Crippen LogP contribution in [-0.4, -0.2) is 20.2 Å². The summed E-state index contributed by atoms with van der Waals surface area (Å²) >= 11 is 2.78. The van der Waals surface area contributed by atoms with Gasteiger partial charge in [0.05, 0.1) is 4.47 Å². The zero-order chi connectivity index (χ0) is 10.1. The van der Waals surface area contributed by atoms with Crippen LogP contribution in [0, 0.1) is 11.6 Å². The molecule has 2 aromatic rings. The van der Waals surface area contributed by atoms with E-state index in [1.165, 1.54) is 12.4 Å². The zero-order valence-electron chi connectivity index (χ0n) is 6.65. The smallest absolute Gasteiger partial charge is 0.166 e. The highest BCUT2D eigenvalue weighted by molar-refractivity contribution is 9.10. The van der Waals surface area contributed by atoms with E-state index in [1.54, 1.807) is 0 Å². The molecule has 0 spiro atoms. The highest BCUT2D eigenvalue weighted by Gasteiger charge is 2.12. The van der Waals surface area contributed by atoms with E-state index >= 15 is 0 Å². The Morgan fingerprint density at radius 3 is 2.71 bits per heavy atom. The summed E-state index contributed by atoms with van der Waals surface area (Å²) in [6.45, 7) is 0. The maximum atomic E-state index is 13.4. The summed E-state index contributed by atoms with van der Waals surface area (Å²) in [5.41, 5.74) is 0.0864. The maximum Gasteiger partial charge on any atom is 0.166 e. The van der Waals surface area contributed by atoms with Gasteiger partial charge in [0, 0.05) is 0 Å². The van der Waals surface area contributed by atoms with Crippen LogP contribution in [0.1, 0.15) is 0 Å². The van der Waals surface area contributed by atoms with E-state index in [9.17, 15) is 8.78 Å². The molecule has 0 aliphatic carbocycles. The molecule has 14 heavy (non-hydrogen) atoms. The Morgan fingerprint density at radius 2 is 2.07 bits per heavy atom. The van der Waals surface area contributed by atoms with E-state index in [-0.39, 0.29) is 10.2 Å². The molecular formula is C7H3BrF2N4. The van der Waals surface area contributed by atoms with E-state index in [2.05, 4.69) is 31.5 Å². The molecule has 1 aromatic heterocycles. The molecule has 7 heteroatoms. The van der Waals surface area contributed by atoms with E-state index in [4.69, 9.17) is 0 Å². The van der Waals surface area contributed by atoms with Gasteiger partial charge in [-0.25, -0.2) is 8.78 Å². The first-order valence-corrected chi connectivity index (χ1v) is 4.36. The largest absolute Gasteiger partial charge is 0.206 e. The van der Waals surface area contributed by atoms with Crippen LogP contribution in [-0.2, 0) is 0 Å². The second kappa shape index (κ2) is 3.41. The molecule has 4 nitrogen and oxygen atoms in total. The Bertz CT molecular complexity index is 457. The summed E-state index contributed by atoms with van der Waals surface area (Å²) in [7, 11) is 0. The molecule has 1 heterocycles. The van der Waals surface area contributed by atoms with E-state index in [0.29, 0.717) is 0 Å². The Morgan fingerprint density at radius 1 is 1.29 bits per heavy atom. The van der Waals surface area contributed by atoms with Crippen molar-refractivity contribution in [2.75, 3.05) is 0 Å². The van der Waals surface area contributed by atoms with Crippen LogP contribution in [0.3, 0.4) is 0 Å². The van der Waals surface area contributed by atoms with Crippen molar-refractivity contribution in [1.82, 2.24) is 20.2 Å². The summed E-state index contributed by atoms with van der Waals surface area (Å²) < 4.78 is 27.2. The van der Waals surface area contributed by atoms with E-state index in [0.717, 1.165) is 10.7 Å². The molecular weight excluding hydrogens is 258 g/mol. The van der Waals surface area contributed by atoms with Crippen LogP contribution in [0.25, 0.3) is 5.69 Å². The third-order valence-electron chi connectivity index (χ3n) is 1.61. The molecule has 0 fully saturated rings. The second-order valence-electron chi connectivity index (χ2n) is 2.45. The molecule has 0 saturated carbocycles. The van der Waals surface area contributed by atoms with Crippen LogP contribution < -0.4 is 0 Å². The van der Waals surface area contributed by atoms with Crippen molar-refractivity contribution >= 4 is 15.9 Å². The van der Waals surface area contributed by atoms with Gasteiger partial charge in [0.25, 0.3) is 0 Å². The molecule has 72 valence electrons. The van der Waals surface area contributed by atoms with Crippen LogP contribution in [0.15, 0.2) is 22.9 Å². The van der Waals surface area contributed by atoms with Gasteiger partial charge in [-0.05, 0) is 38.5 Å². The van der Waals surface area contributed by atoms with E-state index in [1.807, 2.05) is 0 Å². The predicted octanol–water partition coefficient (Wildman–Crippen LogP) is 1.70. The van der Waals surface area contributed by atoms with Crippen molar-refractivity contribution in [1.29, 1.82) is 0 Å². The lowest BCUT2D eigenvalue weighted by atomic mass is 10.3. The number of hydrogen-bond donors (Lipinski definition) is 0. The summed E-state index contributed by atoms with van der Waals surface area (Å²) in [4.78, 5) is 0. The maximum absolute atomic E-state index is 13.4. The van der Waals surface area contributed by atoms with Crippen LogP contribution in [0.2, 0.25) is 0 Å². The van der Waals surface area contributed by atoms with E-state index < -0.39 is 11.6 Å². The lowest BCUT2D eigenvalue weighted by Gasteiger charge is -2.03. The van der Waals surface area contributed by atoms with Crippen LogP contribution in [0.5, 0.6) is 0 Å². The molecule has 0 atom stereocenters. The standard InChI is InChI=1S/C7H3BrF2N4/c8-6-4(9)1-2-5(7(6)10)14-3-11-12-13-14/h1-3H. The molecule has 0 N–H and O–H groups in total. The van der Waals surface area contributed by atoms with Crippen molar-refractivity contribution in [3.05, 3.63) is 34.6 Å². The monoisotopic (exact) mass is 260 g/mol. The summed E-state index contributed by atoms with van der Waals surface area (Å²) in [5, 5.41) is 10.2. The number of aromatic nitrogens is 4. The van der Waals surface area contributed by atoms with Crippen molar-refractivity contribution in [3.8, 4) is 5.69 Å². The minimum Gasteiger partial charge on any atom is -0.206 e. The molecule has 0 unspecified atom stereocenters. The Hall–Kier alpha value is -1.37. The first kappa shape index (κ1) is 9.20. The number of halogens is 3. The van der Waals surface area contributed by atoms with Gasteiger partial charge in [-0.2, -0.15) is 4.68 Å². The van der Waals surface area contributed by atoms with Crippen molar-refractivity contribution < 1.29 is 8.78 Å². The number of rotatable bonds is 1. The highest BCUT2D eigenvalue weighted by atomic mass is 79.9. The topological polar surface area (TPSA) is 43.6 Å². The fourth-order valence-corrected chi connectivity index (χ4v) is 1.30. The molecule has 0 aliphatic heterocycles. The zero-order valence-corrected chi connectivity index (χ0v) is 8.24. The summed E-state index contributed by atoms with van der Waals surface area (Å²) in [6, 6.07) is 2.38. The van der Waals surface area contributed by atoms with Gasteiger partial charge < -0.3 is 0 Å². The number of benzene rings is 1. The summed E-state index contributed by atoms with van der Waals surface area (Å²) in [6.07, 6.45) is 1.22. The lowest BCUT2D eigenvalue weighted by molar-refractivity contribution is 0.561. The SMILES string of the molecule is Fc1ccc(-n2cnnn2)c(F)c1Br. The molecule has 2 rings (SSSR count). The van der Waals surface area contributed by atoms with Gasteiger partial charge in [0.15, 0.2) is 5.82 Å². The normalized spacial score (nSPS) is 10.5. The van der Waals surface area contributed by atoms with Crippen molar-refractivity contribution in [2.45, 2.75) is 0 Å². The number of tetrazole rings is 1. The first-order chi connectivity index (χ1) is 6.70. The van der Waals surface area contributed by atoms with Gasteiger partial charge in [-0.3, -0.25) is 0 Å². The van der Waals surface area contributed by atoms with Gasteiger partial charge >= 0.3 is 0 Å². The second-order valence-corrected chi connectivity index (χ2v) is 3.24. The average molecular weight is 261 g/mol. The molecule has 0 radical (unpaired) electrons. The minimum absolute atomic E-state index is 0.0864. The van der Waals surface area contributed by atoms with Gasteiger partial charge in [-0.15, -0.1) is 5.10 Å². The average Bonchev–Trinajstić information content (AvgIpc) is 2.67. The van der Waals surface area contributed by atoms with Gasteiger partial charge in [0.2, 0.25) is 0 Å². The fraction of sp³-hybridized carbons (Fsp3) is 0. The molecule has 0 saturated heterocycles. The van der Waals surface area contributed by atoms with Gasteiger partial charge in [-0.1, -0.05) is 0 Å². The Balaban J connectivity index is 2.61. The predicted molar refractivity (Wildman–Crippen MR) is 46.8 cm³/mol. The highest BCUT2D eigenvalue weighted by Crippen LogP contribution is 2.24. The summed E-state index contributed by atoms with van der Waals surface area (Å²) in [5.74, 6) is -1.41. The van der Waals surface area contributed by atoms with Crippen molar-refractivity contribution in [3.63, 3.8) is 0 Å². The first-order valence-electron chi connectivity index (χ1n) is 3.57. The molecule has 0 bridgehead atoms. The molecule has 0 amide bonds. The van der Waals surface area contributed by atoms with Crippen LogP contribution >= 0.6 is 15.9 Å². The Labute approximate surface area is 85.7 Å². The van der Waals surface area contributed by atoms with Crippen LogP contribution in [0.4, 0.5) is 8.78 Å². The number of nitrogens with zero attached hydrogens (tertiary/aromatic N) is 4. The fourth-order valence-electron chi connectivity index (χ4n) is 0.964. The molecule has 1 aromatic carbocycles. The molecule has 0 aliphatic rings. The third kappa shape index (κ3) is 1.39. The van der Waals surface area contributed by atoms with Gasteiger partial charge in [0.1, 0.15) is 17.8 Å². The lowest BCUT2D eigenvalue weighted by Crippen LogP contribution is -2.00. The minimum atomic E-state index is -0.739. The Kier molecular flexibility index (Phi) is 2.24. The third-order valence-corrected chi connectivity index (χ3v) is 2.34. The quantitative estimate of drug-likeness (QED) is 0.734.